The molecule has 232 valence electrons. The summed E-state index contributed by atoms with van der Waals surface area (Å²) in [5, 5.41) is 49.1. The van der Waals surface area contributed by atoms with Crippen LogP contribution in [0.2, 0.25) is 0 Å². The Kier molecular flexibility index (Phi) is 7.84. The zero-order chi connectivity index (χ0) is 32.2. The van der Waals surface area contributed by atoms with Crippen molar-refractivity contribution < 1.29 is 44.4 Å². The number of hydroxylamine groups is 2. The fraction of sp³-hybridized carbons (Fsp3) is 0.355. The lowest BCUT2D eigenvalue weighted by Gasteiger charge is -2.50. The van der Waals surface area contributed by atoms with Gasteiger partial charge in [0, 0.05) is 24.2 Å². The molecule has 13 nitrogen and oxygen atoms in total. The van der Waals surface area contributed by atoms with Gasteiger partial charge in [-0.3, -0.25) is 24.1 Å². The minimum absolute atomic E-state index is 0.0122. The summed E-state index contributed by atoms with van der Waals surface area (Å²) in [4.78, 5) is 58.2. The number of aliphatic hydroxyl groups is 3. The largest absolute Gasteiger partial charge is 0.510 e. The Bertz CT molecular complexity index is 1650. The number of nitrogens with two attached hydrogens (primary N) is 1. The van der Waals surface area contributed by atoms with Crippen LogP contribution in [0.15, 0.2) is 59.1 Å². The molecule has 0 spiro atoms. The summed E-state index contributed by atoms with van der Waals surface area (Å²) >= 11 is 0. The number of ketones is 2. The second-order valence-corrected chi connectivity index (χ2v) is 11.5. The average molecular weight is 607 g/mol. The lowest BCUT2D eigenvalue weighted by molar-refractivity contribution is -0.148. The van der Waals surface area contributed by atoms with Crippen LogP contribution in [0.3, 0.4) is 0 Å². The van der Waals surface area contributed by atoms with Gasteiger partial charge in [0.2, 0.25) is 11.7 Å². The van der Waals surface area contributed by atoms with Crippen LogP contribution in [-0.4, -0.2) is 100 Å². The van der Waals surface area contributed by atoms with Gasteiger partial charge in [-0.1, -0.05) is 18.2 Å². The molecule has 13 heteroatoms. The monoisotopic (exact) mass is 606 g/mol. The molecule has 3 unspecified atom stereocenters. The highest BCUT2D eigenvalue weighted by molar-refractivity contribution is 6.25. The maximum Gasteiger partial charge on any atom is 0.255 e. The smallest absolute Gasteiger partial charge is 0.255 e. The number of phenols is 1. The fourth-order valence-corrected chi connectivity index (χ4v) is 6.72. The van der Waals surface area contributed by atoms with Crippen molar-refractivity contribution in [1.29, 1.82) is 0 Å². The van der Waals surface area contributed by atoms with E-state index in [9.17, 15) is 39.6 Å². The van der Waals surface area contributed by atoms with Crippen LogP contribution < -0.4 is 11.1 Å². The van der Waals surface area contributed by atoms with Crippen molar-refractivity contribution in [2.75, 3.05) is 40.1 Å². The number of fused-ring (bicyclic) bond motifs is 3. The molecule has 0 bridgehead atoms. The zero-order valence-corrected chi connectivity index (χ0v) is 24.6. The molecule has 3 aliphatic rings. The third-order valence-corrected chi connectivity index (χ3v) is 8.76. The number of carbonyl (C=O) groups excluding carboxylic acids is 4. The molecule has 0 fully saturated rings. The molecule has 2 aromatic carbocycles. The highest BCUT2D eigenvalue weighted by atomic mass is 16.7. The summed E-state index contributed by atoms with van der Waals surface area (Å²) in [5.41, 5.74) is 3.88. The number of amides is 2. The molecule has 0 saturated carbocycles. The van der Waals surface area contributed by atoms with Gasteiger partial charge in [-0.2, -0.15) is 5.06 Å². The maximum atomic E-state index is 13.9. The van der Waals surface area contributed by atoms with Crippen molar-refractivity contribution >= 4 is 29.1 Å². The molecule has 0 aliphatic heterocycles. The van der Waals surface area contributed by atoms with Crippen molar-refractivity contribution in [3.05, 3.63) is 70.2 Å². The van der Waals surface area contributed by atoms with Crippen molar-refractivity contribution in [2.45, 2.75) is 24.5 Å². The first-order valence-electron chi connectivity index (χ1n) is 13.9. The quantitative estimate of drug-likeness (QED) is 0.195. The summed E-state index contributed by atoms with van der Waals surface area (Å²) in [5.74, 6) is -7.31. The number of anilines is 1. The van der Waals surface area contributed by atoms with Gasteiger partial charge in [0.15, 0.2) is 11.4 Å². The summed E-state index contributed by atoms with van der Waals surface area (Å²) < 4.78 is 0. The standard InChI is InChI=1S/C31H34N4O9/c1-34(2)25-19-12-15-11-18-17(14-5-7-16(8-6-14)33-21(37)13-35(3)44-4)9-10-20(36)23(18)26(38)22(15)28(40)31(19,43)29(41)24(27(25)39)30(32)42/h5-10,15,19,25,36,39-40,43H,11-13H2,1-4H3,(H2,32,42)(H,33,37)/t15?,19?,25-,31?/m1/s1. The van der Waals surface area contributed by atoms with E-state index in [1.807, 2.05) is 0 Å². The molecular formula is C31H34N4O9. The van der Waals surface area contributed by atoms with Gasteiger partial charge >= 0.3 is 0 Å². The molecule has 0 heterocycles. The Labute approximate surface area is 252 Å². The van der Waals surface area contributed by atoms with E-state index in [1.54, 1.807) is 51.5 Å². The Morgan fingerprint density at radius 2 is 1.73 bits per heavy atom. The number of benzene rings is 2. The minimum atomic E-state index is -2.70. The van der Waals surface area contributed by atoms with E-state index in [2.05, 4.69) is 5.32 Å². The first kappa shape index (κ1) is 30.9. The predicted octanol–water partition coefficient (Wildman–Crippen LogP) is 1.22. The Morgan fingerprint density at radius 3 is 2.32 bits per heavy atom. The van der Waals surface area contributed by atoms with Gasteiger partial charge in [0.25, 0.3) is 5.91 Å². The summed E-state index contributed by atoms with van der Waals surface area (Å²) in [6.07, 6.45) is 0.141. The third kappa shape index (κ3) is 4.74. The number of Topliss-reactive ketones (excluding diaryl/α,β-unsaturated/α-hetero) is 2. The van der Waals surface area contributed by atoms with Gasteiger partial charge in [-0.05, 0) is 67.7 Å². The summed E-state index contributed by atoms with van der Waals surface area (Å²) in [6, 6.07) is 8.84. The van der Waals surface area contributed by atoms with Crippen molar-refractivity contribution in [2.24, 2.45) is 17.6 Å². The molecule has 3 aliphatic carbocycles. The van der Waals surface area contributed by atoms with E-state index in [1.165, 1.54) is 23.1 Å². The van der Waals surface area contributed by atoms with E-state index in [0.29, 0.717) is 22.4 Å². The van der Waals surface area contributed by atoms with Crippen LogP contribution in [0, 0.1) is 11.8 Å². The van der Waals surface area contributed by atoms with Gasteiger partial charge in [0.1, 0.15) is 29.4 Å². The summed E-state index contributed by atoms with van der Waals surface area (Å²) in [7, 11) is 6.22. The molecule has 2 amide bonds. The number of phenolic OH excluding ortho intramolecular Hbond substituents is 1. The topological polar surface area (TPSA) is 203 Å². The zero-order valence-electron chi connectivity index (χ0n) is 24.6. The SMILES string of the molecule is CON(C)CC(=O)Nc1ccc(-c2ccc(O)c3c2CC2CC4[C@@H](N(C)C)C(O)=C(C(N)=O)C(=O)C4(O)C(O)=C2C3=O)cc1. The number of aliphatic hydroxyl groups excluding tert-OH is 2. The number of hydrogen-bond donors (Lipinski definition) is 6. The van der Waals surface area contributed by atoms with Crippen LogP contribution in [0.4, 0.5) is 5.69 Å². The van der Waals surface area contributed by atoms with Gasteiger partial charge in [-0.15, -0.1) is 0 Å². The normalized spacial score (nSPS) is 24.8. The number of hydrogen-bond acceptors (Lipinski definition) is 11. The lowest BCUT2D eigenvalue weighted by Crippen LogP contribution is -2.63. The fourth-order valence-electron chi connectivity index (χ4n) is 6.72. The maximum absolute atomic E-state index is 13.9. The van der Waals surface area contributed by atoms with E-state index in [4.69, 9.17) is 10.6 Å². The molecule has 0 saturated heterocycles. The predicted molar refractivity (Wildman–Crippen MR) is 157 cm³/mol. The number of primary amides is 1. The molecule has 4 atom stereocenters. The van der Waals surface area contributed by atoms with E-state index >= 15 is 0 Å². The number of rotatable bonds is 7. The van der Waals surface area contributed by atoms with Crippen molar-refractivity contribution in [1.82, 2.24) is 9.96 Å². The molecule has 5 rings (SSSR count). The third-order valence-electron chi connectivity index (χ3n) is 8.76. The number of allylic oxidation sites excluding steroid dienone is 1. The highest BCUT2D eigenvalue weighted by Gasteiger charge is 2.63. The molecule has 2 aromatic rings. The van der Waals surface area contributed by atoms with E-state index in [0.717, 1.165) is 0 Å². The number of nitrogens with zero attached hydrogens (tertiary/aromatic N) is 2. The van der Waals surface area contributed by atoms with Crippen LogP contribution in [0.25, 0.3) is 11.1 Å². The minimum Gasteiger partial charge on any atom is -0.510 e. The van der Waals surface area contributed by atoms with Crippen LogP contribution in [0.1, 0.15) is 22.3 Å². The van der Waals surface area contributed by atoms with Crippen LogP contribution in [-0.2, 0) is 25.6 Å². The van der Waals surface area contributed by atoms with E-state index < -0.39 is 58.0 Å². The van der Waals surface area contributed by atoms with Gasteiger partial charge in [0.05, 0.1) is 18.7 Å². The number of aromatic hydroxyl groups is 1. The molecule has 7 N–H and O–H groups in total. The van der Waals surface area contributed by atoms with Crippen molar-refractivity contribution in [3.63, 3.8) is 0 Å². The second kappa shape index (κ2) is 11.2. The highest BCUT2D eigenvalue weighted by Crippen LogP contribution is 2.53. The molecule has 44 heavy (non-hydrogen) atoms. The first-order chi connectivity index (χ1) is 20.7. The number of nitrogens with one attached hydrogen (secondary N) is 1. The molecule has 0 aromatic heterocycles. The van der Waals surface area contributed by atoms with Crippen LogP contribution >= 0.6 is 0 Å². The number of carbonyl (C=O) groups is 4. The van der Waals surface area contributed by atoms with E-state index in [-0.39, 0.29) is 42.2 Å². The molecule has 0 radical (unpaired) electrons. The Morgan fingerprint density at radius 1 is 1.07 bits per heavy atom. The van der Waals surface area contributed by atoms with Gasteiger partial charge in [-0.25, -0.2) is 0 Å². The summed E-state index contributed by atoms with van der Waals surface area (Å²) in [6.45, 7) is 0.0176. The number of likely N-dealkylation sites (N-methyl/N-ethyl adjacent to an activating group) is 2. The Balaban J connectivity index is 1.56. The average Bonchev–Trinajstić information content (AvgIpc) is 2.95. The Hall–Kier alpha value is -4.56. The van der Waals surface area contributed by atoms with Crippen LogP contribution in [0.5, 0.6) is 5.75 Å². The second-order valence-electron chi connectivity index (χ2n) is 11.5. The lowest BCUT2D eigenvalue weighted by atomic mass is 9.58. The van der Waals surface area contributed by atoms with Crippen molar-refractivity contribution in [3.8, 4) is 16.9 Å². The first-order valence-corrected chi connectivity index (χ1v) is 13.9. The van der Waals surface area contributed by atoms with Gasteiger partial charge < -0.3 is 36.3 Å². The molecular weight excluding hydrogens is 572 g/mol.